The zero-order valence-electron chi connectivity index (χ0n) is 6.31. The van der Waals surface area contributed by atoms with Crippen molar-refractivity contribution < 1.29 is 0 Å². The Kier molecular flexibility index (Phi) is 3.46. The van der Waals surface area contributed by atoms with Crippen LogP contribution in [0.4, 0.5) is 0 Å². The van der Waals surface area contributed by atoms with Gasteiger partial charge < -0.3 is 0 Å². The van der Waals surface area contributed by atoms with Gasteiger partial charge in [0.2, 0.25) is 0 Å². The van der Waals surface area contributed by atoms with Gasteiger partial charge in [-0.25, -0.2) is 0 Å². The van der Waals surface area contributed by atoms with Crippen LogP contribution in [0, 0.1) is 5.92 Å². The molecular formula is C9H13I. The van der Waals surface area contributed by atoms with E-state index in [1.165, 1.54) is 17.3 Å². The van der Waals surface area contributed by atoms with Crippen LogP contribution in [0.2, 0.25) is 0 Å². The summed E-state index contributed by atoms with van der Waals surface area (Å²) in [6, 6.07) is 0. The molecule has 10 heavy (non-hydrogen) atoms. The fraction of sp³-hybridized carbons (Fsp3) is 0.556. The van der Waals surface area contributed by atoms with Crippen LogP contribution in [0.25, 0.3) is 0 Å². The van der Waals surface area contributed by atoms with Crippen molar-refractivity contribution in [3.8, 4) is 0 Å². The van der Waals surface area contributed by atoms with Crippen molar-refractivity contribution in [2.24, 2.45) is 5.92 Å². The fourth-order valence-corrected chi connectivity index (χ4v) is 1.77. The molecule has 0 aliphatic heterocycles. The standard InChI is InChI=1S/C9H13I/c1-2-8-4-3-5-9(6-8)7-10/h3-5,8H,2,6-7H2,1H3. The first kappa shape index (κ1) is 8.31. The molecule has 0 aromatic heterocycles. The zero-order chi connectivity index (χ0) is 7.40. The van der Waals surface area contributed by atoms with Crippen molar-refractivity contribution in [2.45, 2.75) is 19.8 Å². The lowest BCUT2D eigenvalue weighted by Crippen LogP contribution is -2.00. The number of alkyl halides is 1. The second-order valence-corrected chi connectivity index (χ2v) is 3.48. The summed E-state index contributed by atoms with van der Waals surface area (Å²) >= 11 is 2.43. The smallest absolute Gasteiger partial charge is 0.0209 e. The maximum Gasteiger partial charge on any atom is 0.0209 e. The van der Waals surface area contributed by atoms with Crippen molar-refractivity contribution in [3.63, 3.8) is 0 Å². The van der Waals surface area contributed by atoms with Crippen LogP contribution in [-0.2, 0) is 0 Å². The lowest BCUT2D eigenvalue weighted by Gasteiger charge is -2.14. The Hall–Kier alpha value is 0.210. The summed E-state index contributed by atoms with van der Waals surface area (Å²) in [5.41, 5.74) is 1.59. The highest BCUT2D eigenvalue weighted by Crippen LogP contribution is 2.22. The number of hydrogen-bond donors (Lipinski definition) is 0. The molecule has 0 amide bonds. The third kappa shape index (κ3) is 2.11. The van der Waals surface area contributed by atoms with E-state index in [9.17, 15) is 0 Å². The SMILES string of the molecule is CCC1C=CC=C(CI)C1. The molecule has 0 radical (unpaired) electrons. The van der Waals surface area contributed by atoms with Crippen molar-refractivity contribution >= 4 is 22.6 Å². The van der Waals surface area contributed by atoms with E-state index in [1.54, 1.807) is 5.57 Å². The molecule has 1 aliphatic carbocycles. The Morgan fingerprint density at radius 3 is 3.10 bits per heavy atom. The van der Waals surface area contributed by atoms with Gasteiger partial charge in [0.05, 0.1) is 0 Å². The van der Waals surface area contributed by atoms with Gasteiger partial charge in [-0.1, -0.05) is 53.3 Å². The Labute approximate surface area is 76.5 Å². The molecule has 0 aromatic rings. The first-order chi connectivity index (χ1) is 4.86. The Morgan fingerprint density at radius 1 is 1.70 bits per heavy atom. The minimum atomic E-state index is 0.815. The predicted octanol–water partition coefficient (Wildman–Crippen LogP) is 3.33. The van der Waals surface area contributed by atoms with Crippen LogP contribution >= 0.6 is 22.6 Å². The molecule has 1 heteroatoms. The maximum absolute atomic E-state index is 2.43. The van der Waals surface area contributed by atoms with Gasteiger partial charge in [-0.3, -0.25) is 0 Å². The van der Waals surface area contributed by atoms with Crippen LogP contribution < -0.4 is 0 Å². The van der Waals surface area contributed by atoms with E-state index in [0.29, 0.717) is 0 Å². The van der Waals surface area contributed by atoms with E-state index in [1.807, 2.05) is 0 Å². The molecule has 0 bridgehead atoms. The second-order valence-electron chi connectivity index (χ2n) is 2.72. The van der Waals surface area contributed by atoms with Crippen molar-refractivity contribution in [3.05, 3.63) is 23.8 Å². The highest BCUT2D eigenvalue weighted by Gasteiger charge is 2.07. The molecule has 0 saturated carbocycles. The van der Waals surface area contributed by atoms with E-state index >= 15 is 0 Å². The predicted molar refractivity (Wildman–Crippen MR) is 54.5 cm³/mol. The molecule has 0 saturated heterocycles. The summed E-state index contributed by atoms with van der Waals surface area (Å²) in [7, 11) is 0. The number of hydrogen-bond acceptors (Lipinski definition) is 0. The van der Waals surface area contributed by atoms with E-state index < -0.39 is 0 Å². The van der Waals surface area contributed by atoms with Gasteiger partial charge in [-0.2, -0.15) is 0 Å². The molecule has 0 nitrogen and oxygen atoms in total. The highest BCUT2D eigenvalue weighted by molar-refractivity contribution is 14.1. The quantitative estimate of drug-likeness (QED) is 0.519. The molecular weight excluding hydrogens is 235 g/mol. The average molecular weight is 248 g/mol. The number of rotatable bonds is 2. The molecule has 1 rings (SSSR count). The maximum atomic E-state index is 2.43. The Morgan fingerprint density at radius 2 is 2.50 bits per heavy atom. The molecule has 56 valence electrons. The summed E-state index contributed by atoms with van der Waals surface area (Å²) in [6.07, 6.45) is 9.33. The van der Waals surface area contributed by atoms with Gasteiger partial charge in [-0.05, 0) is 18.8 Å². The normalized spacial score (nSPS) is 24.6. The van der Waals surface area contributed by atoms with Gasteiger partial charge in [0.1, 0.15) is 0 Å². The van der Waals surface area contributed by atoms with E-state index in [0.717, 1.165) is 5.92 Å². The Bertz CT molecular complexity index is 156. The van der Waals surface area contributed by atoms with Crippen molar-refractivity contribution in [2.75, 3.05) is 4.43 Å². The van der Waals surface area contributed by atoms with Gasteiger partial charge in [0, 0.05) is 4.43 Å². The van der Waals surface area contributed by atoms with E-state index in [-0.39, 0.29) is 0 Å². The molecule has 0 fully saturated rings. The third-order valence-corrected chi connectivity index (χ3v) is 2.92. The fourth-order valence-electron chi connectivity index (χ4n) is 1.20. The summed E-state index contributed by atoms with van der Waals surface area (Å²) in [6.45, 7) is 2.26. The van der Waals surface area contributed by atoms with Gasteiger partial charge >= 0.3 is 0 Å². The van der Waals surface area contributed by atoms with Crippen LogP contribution in [0.15, 0.2) is 23.8 Å². The monoisotopic (exact) mass is 248 g/mol. The molecule has 0 spiro atoms. The van der Waals surface area contributed by atoms with Crippen LogP contribution in [0.3, 0.4) is 0 Å². The number of allylic oxidation sites excluding steroid dienone is 4. The lowest BCUT2D eigenvalue weighted by molar-refractivity contribution is 0.616. The van der Waals surface area contributed by atoms with Gasteiger partial charge in [0.25, 0.3) is 0 Å². The molecule has 1 aliphatic rings. The van der Waals surface area contributed by atoms with E-state index in [2.05, 4.69) is 47.7 Å². The number of halogens is 1. The summed E-state index contributed by atoms with van der Waals surface area (Å²) in [4.78, 5) is 0. The minimum absolute atomic E-state index is 0.815. The Balaban J connectivity index is 2.50. The second kappa shape index (κ2) is 4.16. The molecule has 0 N–H and O–H groups in total. The van der Waals surface area contributed by atoms with Crippen molar-refractivity contribution in [1.29, 1.82) is 0 Å². The van der Waals surface area contributed by atoms with Gasteiger partial charge in [-0.15, -0.1) is 0 Å². The summed E-state index contributed by atoms with van der Waals surface area (Å²) in [5.74, 6) is 0.815. The van der Waals surface area contributed by atoms with E-state index in [4.69, 9.17) is 0 Å². The molecule has 1 unspecified atom stereocenters. The largest absolute Gasteiger partial charge is 0.0815 e. The first-order valence-corrected chi connectivity index (χ1v) is 5.31. The average Bonchev–Trinajstić information content (AvgIpc) is 2.05. The third-order valence-electron chi connectivity index (χ3n) is 1.94. The lowest BCUT2D eigenvalue weighted by atomic mass is 9.93. The topological polar surface area (TPSA) is 0 Å². The van der Waals surface area contributed by atoms with Crippen LogP contribution in [-0.4, -0.2) is 4.43 Å². The zero-order valence-corrected chi connectivity index (χ0v) is 8.47. The highest BCUT2D eigenvalue weighted by atomic mass is 127. The van der Waals surface area contributed by atoms with Crippen LogP contribution in [0.5, 0.6) is 0 Å². The summed E-state index contributed by atoms with van der Waals surface area (Å²) < 4.78 is 1.19. The first-order valence-electron chi connectivity index (χ1n) is 3.79. The molecule has 0 aromatic carbocycles. The van der Waals surface area contributed by atoms with Crippen molar-refractivity contribution in [1.82, 2.24) is 0 Å². The van der Waals surface area contributed by atoms with Gasteiger partial charge in [0.15, 0.2) is 0 Å². The molecule has 1 atom stereocenters. The van der Waals surface area contributed by atoms with Crippen LogP contribution in [0.1, 0.15) is 19.8 Å². The minimum Gasteiger partial charge on any atom is -0.0815 e. The summed E-state index contributed by atoms with van der Waals surface area (Å²) in [5, 5.41) is 0. The molecule has 0 heterocycles.